The Labute approximate surface area is 114 Å². The van der Waals surface area contributed by atoms with Gasteiger partial charge in [-0.3, -0.25) is 4.90 Å². The second-order valence-electron chi connectivity index (χ2n) is 4.83. The van der Waals surface area contributed by atoms with Crippen LogP contribution in [0.25, 0.3) is 0 Å². The Morgan fingerprint density at radius 3 is 2.60 bits per heavy atom. The average Bonchev–Trinajstić information content (AvgIpc) is 2.74. The summed E-state index contributed by atoms with van der Waals surface area (Å²) in [6.45, 7) is 2.45. The van der Waals surface area contributed by atoms with E-state index in [9.17, 15) is 13.2 Å². The molecule has 2 aliphatic heterocycles. The second-order valence-corrected chi connectivity index (χ2v) is 4.83. The van der Waals surface area contributed by atoms with Gasteiger partial charge < -0.3 is 14.8 Å². The minimum absolute atomic E-state index is 0.0170. The van der Waals surface area contributed by atoms with Crippen LogP contribution in [-0.4, -0.2) is 44.0 Å². The molecule has 0 unspecified atom stereocenters. The highest BCUT2D eigenvalue weighted by atomic mass is 19.3. The third kappa shape index (κ3) is 2.55. The van der Waals surface area contributed by atoms with E-state index in [4.69, 9.17) is 0 Å². The molecule has 20 heavy (non-hydrogen) atoms. The molecule has 0 bridgehead atoms. The molecule has 4 nitrogen and oxygen atoms in total. The van der Waals surface area contributed by atoms with Gasteiger partial charge in [-0.25, -0.2) is 4.39 Å². The first-order valence-corrected chi connectivity index (χ1v) is 6.49. The average molecular weight is 288 g/mol. The fourth-order valence-corrected chi connectivity index (χ4v) is 2.56. The van der Waals surface area contributed by atoms with E-state index in [0.29, 0.717) is 5.56 Å². The fraction of sp³-hybridized carbons (Fsp3) is 0.538. The van der Waals surface area contributed by atoms with Gasteiger partial charge in [0.05, 0.1) is 6.04 Å². The van der Waals surface area contributed by atoms with Crippen LogP contribution in [0.5, 0.6) is 11.5 Å². The maximum Gasteiger partial charge on any atom is 0.586 e. The van der Waals surface area contributed by atoms with Crippen molar-refractivity contribution in [2.75, 3.05) is 32.9 Å². The number of hydrogen-bond acceptors (Lipinski definition) is 4. The summed E-state index contributed by atoms with van der Waals surface area (Å²) in [5.74, 6) is -0.0576. The van der Waals surface area contributed by atoms with E-state index in [2.05, 4.69) is 14.8 Å². The normalized spacial score (nSPS) is 22.8. The summed E-state index contributed by atoms with van der Waals surface area (Å²) in [6, 6.07) is 4.00. The van der Waals surface area contributed by atoms with E-state index in [1.807, 2.05) is 4.90 Å². The predicted octanol–water partition coefficient (Wildman–Crippen LogP) is 1.92. The number of halogens is 3. The quantitative estimate of drug-likeness (QED) is 0.921. The number of nitrogens with one attached hydrogen (secondary N) is 1. The van der Waals surface area contributed by atoms with E-state index in [0.717, 1.165) is 26.2 Å². The minimum atomic E-state index is -3.64. The summed E-state index contributed by atoms with van der Waals surface area (Å²) in [7, 11) is 0. The lowest BCUT2D eigenvalue weighted by Gasteiger charge is -2.33. The summed E-state index contributed by atoms with van der Waals surface area (Å²) in [4.78, 5) is 1.99. The Kier molecular flexibility index (Phi) is 3.47. The molecule has 1 aromatic rings. The smallest absolute Gasteiger partial charge is 0.395 e. The molecule has 1 aromatic carbocycles. The van der Waals surface area contributed by atoms with Crippen LogP contribution in [-0.2, 0) is 0 Å². The maximum atomic E-state index is 13.3. The molecule has 0 radical (unpaired) electrons. The molecule has 0 spiro atoms. The van der Waals surface area contributed by atoms with Gasteiger partial charge in [-0.15, -0.1) is 8.78 Å². The predicted molar refractivity (Wildman–Crippen MR) is 65.8 cm³/mol. The molecule has 0 aliphatic carbocycles. The van der Waals surface area contributed by atoms with Gasteiger partial charge in [0, 0.05) is 26.2 Å². The van der Waals surface area contributed by atoms with Gasteiger partial charge in [-0.05, 0) is 17.7 Å². The molecule has 7 heteroatoms. The van der Waals surface area contributed by atoms with Crippen LogP contribution in [0.15, 0.2) is 18.2 Å². The number of fused-ring (bicyclic) bond motifs is 1. The van der Waals surface area contributed by atoms with Crippen molar-refractivity contribution in [1.29, 1.82) is 0 Å². The Morgan fingerprint density at radius 1 is 1.20 bits per heavy atom. The van der Waals surface area contributed by atoms with Gasteiger partial charge in [0.25, 0.3) is 0 Å². The first-order chi connectivity index (χ1) is 9.59. The van der Waals surface area contributed by atoms with E-state index < -0.39 is 19.0 Å². The zero-order valence-electron chi connectivity index (χ0n) is 10.7. The molecule has 2 heterocycles. The SMILES string of the molecule is FC[C@@H](c1ccc2c(c1)OC(F)(F)O2)N1CCNCC1. The summed E-state index contributed by atoms with van der Waals surface area (Å²) >= 11 is 0. The lowest BCUT2D eigenvalue weighted by Crippen LogP contribution is -2.45. The molecule has 1 fully saturated rings. The minimum Gasteiger partial charge on any atom is -0.395 e. The van der Waals surface area contributed by atoms with Gasteiger partial charge in [-0.2, -0.15) is 0 Å². The van der Waals surface area contributed by atoms with Crippen molar-refractivity contribution < 1.29 is 22.6 Å². The number of rotatable bonds is 3. The molecular formula is C13H15F3N2O2. The van der Waals surface area contributed by atoms with Crippen molar-refractivity contribution in [3.63, 3.8) is 0 Å². The molecule has 110 valence electrons. The number of benzene rings is 1. The van der Waals surface area contributed by atoms with Crippen LogP contribution in [0.4, 0.5) is 13.2 Å². The number of hydrogen-bond donors (Lipinski definition) is 1. The molecule has 0 aromatic heterocycles. The van der Waals surface area contributed by atoms with Gasteiger partial charge in [0.15, 0.2) is 11.5 Å². The largest absolute Gasteiger partial charge is 0.586 e. The Balaban J connectivity index is 1.83. The van der Waals surface area contributed by atoms with Crippen LogP contribution in [0.1, 0.15) is 11.6 Å². The zero-order valence-corrected chi connectivity index (χ0v) is 10.7. The third-order valence-corrected chi connectivity index (χ3v) is 3.55. The van der Waals surface area contributed by atoms with Crippen molar-refractivity contribution in [1.82, 2.24) is 10.2 Å². The van der Waals surface area contributed by atoms with Crippen molar-refractivity contribution in [2.24, 2.45) is 0 Å². The van der Waals surface area contributed by atoms with Gasteiger partial charge in [0.2, 0.25) is 0 Å². The maximum absolute atomic E-state index is 13.3. The second kappa shape index (κ2) is 5.14. The summed E-state index contributed by atoms with van der Waals surface area (Å²) in [5, 5.41) is 3.19. The highest BCUT2D eigenvalue weighted by Crippen LogP contribution is 2.42. The zero-order chi connectivity index (χ0) is 14.2. The van der Waals surface area contributed by atoms with Crippen LogP contribution in [0.3, 0.4) is 0 Å². The monoisotopic (exact) mass is 288 g/mol. The van der Waals surface area contributed by atoms with Crippen LogP contribution in [0, 0.1) is 0 Å². The Morgan fingerprint density at radius 2 is 1.90 bits per heavy atom. The molecule has 1 saturated heterocycles. The number of piperazine rings is 1. The Hall–Kier alpha value is -1.47. The number of nitrogens with zero attached hydrogens (tertiary/aromatic N) is 1. The molecule has 2 aliphatic rings. The van der Waals surface area contributed by atoms with Gasteiger partial charge in [-0.1, -0.05) is 6.07 Å². The topological polar surface area (TPSA) is 33.7 Å². The number of alkyl halides is 3. The molecular weight excluding hydrogens is 273 g/mol. The first-order valence-electron chi connectivity index (χ1n) is 6.49. The van der Waals surface area contributed by atoms with Crippen LogP contribution < -0.4 is 14.8 Å². The highest BCUT2D eigenvalue weighted by Gasteiger charge is 2.43. The van der Waals surface area contributed by atoms with Crippen LogP contribution in [0.2, 0.25) is 0 Å². The standard InChI is InChI=1S/C13H15F3N2O2/c14-8-10(18-5-3-17-4-6-18)9-1-2-11-12(7-9)20-13(15,16)19-11/h1-2,7,10,17H,3-6,8H2/t10-/m0/s1. The molecule has 0 amide bonds. The van der Waals surface area contributed by atoms with Crippen LogP contribution >= 0.6 is 0 Å². The summed E-state index contributed by atoms with van der Waals surface area (Å²) in [5.41, 5.74) is 0.620. The highest BCUT2D eigenvalue weighted by molar-refractivity contribution is 5.46. The van der Waals surface area contributed by atoms with Crippen molar-refractivity contribution in [2.45, 2.75) is 12.3 Å². The summed E-state index contributed by atoms with van der Waals surface area (Å²) < 4.78 is 48.0. The van der Waals surface area contributed by atoms with E-state index in [1.165, 1.54) is 12.1 Å². The van der Waals surface area contributed by atoms with E-state index >= 15 is 0 Å². The summed E-state index contributed by atoms with van der Waals surface area (Å²) in [6.07, 6.45) is -3.64. The molecule has 1 atom stereocenters. The van der Waals surface area contributed by atoms with Crippen molar-refractivity contribution >= 4 is 0 Å². The lowest BCUT2D eigenvalue weighted by atomic mass is 10.0. The molecule has 3 rings (SSSR count). The van der Waals surface area contributed by atoms with Crippen molar-refractivity contribution in [3.8, 4) is 11.5 Å². The van der Waals surface area contributed by atoms with Crippen molar-refractivity contribution in [3.05, 3.63) is 23.8 Å². The molecule has 1 N–H and O–H groups in total. The van der Waals surface area contributed by atoms with Gasteiger partial charge in [0.1, 0.15) is 6.67 Å². The first kappa shape index (κ1) is 13.5. The van der Waals surface area contributed by atoms with Gasteiger partial charge >= 0.3 is 6.29 Å². The lowest BCUT2D eigenvalue weighted by molar-refractivity contribution is -0.286. The number of ether oxygens (including phenoxy) is 2. The third-order valence-electron chi connectivity index (χ3n) is 3.55. The molecule has 0 saturated carbocycles. The fourth-order valence-electron chi connectivity index (χ4n) is 2.56. The van der Waals surface area contributed by atoms with E-state index in [-0.39, 0.29) is 11.5 Å². The Bertz CT molecular complexity index is 493. The van der Waals surface area contributed by atoms with E-state index in [1.54, 1.807) is 6.07 Å².